The van der Waals surface area contributed by atoms with Crippen molar-refractivity contribution in [3.63, 3.8) is 0 Å². The molecule has 0 spiro atoms. The summed E-state index contributed by atoms with van der Waals surface area (Å²) in [6.07, 6.45) is 0. The van der Waals surface area contributed by atoms with Gasteiger partial charge < -0.3 is 15.4 Å². The third kappa shape index (κ3) is 5.04. The molecule has 0 radical (unpaired) electrons. The Morgan fingerprint density at radius 3 is 2.46 bits per heavy atom. The highest BCUT2D eigenvalue weighted by Crippen LogP contribution is 2.21. The van der Waals surface area contributed by atoms with Gasteiger partial charge in [0.15, 0.2) is 0 Å². The van der Waals surface area contributed by atoms with Crippen LogP contribution in [0.25, 0.3) is 0 Å². The van der Waals surface area contributed by atoms with Crippen LogP contribution in [0.5, 0.6) is 0 Å². The van der Waals surface area contributed by atoms with Gasteiger partial charge in [0.1, 0.15) is 0 Å². The molecular weight excluding hydrogens is 338 g/mol. The van der Waals surface area contributed by atoms with E-state index in [0.717, 1.165) is 5.56 Å². The number of carbonyl (C=O) groups is 2. The Morgan fingerprint density at radius 1 is 1.15 bits per heavy atom. The zero-order valence-corrected chi connectivity index (χ0v) is 14.4. The quantitative estimate of drug-likeness (QED) is 0.447. The molecule has 0 aliphatic carbocycles. The Balaban J connectivity index is 1.94. The molecule has 0 unspecified atom stereocenters. The van der Waals surface area contributed by atoms with Crippen molar-refractivity contribution < 1.29 is 19.2 Å². The Labute approximate surface area is 150 Å². The van der Waals surface area contributed by atoms with Gasteiger partial charge in [-0.3, -0.25) is 14.9 Å². The van der Waals surface area contributed by atoms with Gasteiger partial charge in [-0.15, -0.1) is 0 Å². The highest BCUT2D eigenvalue weighted by Gasteiger charge is 2.11. The highest BCUT2D eigenvalue weighted by atomic mass is 16.6. The number of nitrogens with zero attached hydrogens (tertiary/aromatic N) is 1. The summed E-state index contributed by atoms with van der Waals surface area (Å²) in [5, 5.41) is 16.4. The first-order valence-electron chi connectivity index (χ1n) is 7.96. The lowest BCUT2D eigenvalue weighted by atomic mass is 10.2. The number of esters is 1. The second-order valence-electron chi connectivity index (χ2n) is 5.46. The van der Waals surface area contributed by atoms with Crippen molar-refractivity contribution in [2.75, 3.05) is 23.8 Å². The van der Waals surface area contributed by atoms with E-state index in [9.17, 15) is 19.7 Å². The smallest absolute Gasteiger partial charge is 0.338 e. The number of carbonyl (C=O) groups excluding carboxylic acids is 2. The Morgan fingerprint density at radius 2 is 1.85 bits per heavy atom. The Kier molecular flexibility index (Phi) is 6.26. The van der Waals surface area contributed by atoms with E-state index in [0.29, 0.717) is 23.5 Å². The molecule has 8 heteroatoms. The van der Waals surface area contributed by atoms with Crippen molar-refractivity contribution in [3.05, 3.63) is 63.7 Å². The van der Waals surface area contributed by atoms with Crippen LogP contribution in [0.2, 0.25) is 0 Å². The molecule has 0 saturated heterocycles. The normalized spacial score (nSPS) is 10.1. The first-order chi connectivity index (χ1) is 12.4. The molecule has 0 heterocycles. The largest absolute Gasteiger partial charge is 0.462 e. The molecular formula is C18H19N3O5. The minimum Gasteiger partial charge on any atom is -0.462 e. The van der Waals surface area contributed by atoms with Crippen molar-refractivity contribution in [2.24, 2.45) is 0 Å². The standard InChI is InChI=1S/C18H19N3O5/c1-3-26-18(23)13-5-7-14(8-6-13)19-11-17(22)20-16-10-15(21(24)25)9-4-12(16)2/h4-10,19H,3,11H2,1-2H3,(H,20,22). The van der Waals surface area contributed by atoms with E-state index < -0.39 is 10.9 Å². The predicted molar refractivity (Wildman–Crippen MR) is 97.4 cm³/mol. The van der Waals surface area contributed by atoms with Crippen molar-refractivity contribution in [2.45, 2.75) is 13.8 Å². The van der Waals surface area contributed by atoms with E-state index in [1.54, 1.807) is 44.2 Å². The van der Waals surface area contributed by atoms with Gasteiger partial charge >= 0.3 is 5.97 Å². The molecule has 1 amide bonds. The lowest BCUT2D eigenvalue weighted by Crippen LogP contribution is -2.22. The number of ether oxygens (including phenoxy) is 1. The summed E-state index contributed by atoms with van der Waals surface area (Å²) in [6.45, 7) is 3.76. The number of non-ortho nitro benzene ring substituents is 1. The van der Waals surface area contributed by atoms with E-state index in [2.05, 4.69) is 10.6 Å². The molecule has 2 aromatic rings. The molecule has 26 heavy (non-hydrogen) atoms. The van der Waals surface area contributed by atoms with Gasteiger partial charge in [0.05, 0.1) is 29.3 Å². The number of nitro groups is 1. The number of benzene rings is 2. The van der Waals surface area contributed by atoms with Gasteiger partial charge in [-0.1, -0.05) is 6.07 Å². The van der Waals surface area contributed by atoms with E-state index >= 15 is 0 Å². The van der Waals surface area contributed by atoms with E-state index in [-0.39, 0.29) is 18.1 Å². The number of nitro benzene ring substituents is 1. The number of anilines is 2. The van der Waals surface area contributed by atoms with E-state index in [1.165, 1.54) is 12.1 Å². The fourth-order valence-corrected chi connectivity index (χ4v) is 2.17. The third-order valence-corrected chi connectivity index (χ3v) is 3.56. The molecule has 2 aromatic carbocycles. The lowest BCUT2D eigenvalue weighted by Gasteiger charge is -2.10. The van der Waals surface area contributed by atoms with Crippen molar-refractivity contribution in [3.8, 4) is 0 Å². The SMILES string of the molecule is CCOC(=O)c1ccc(NCC(=O)Nc2cc([N+](=O)[O-])ccc2C)cc1. The van der Waals surface area contributed by atoms with Crippen LogP contribution in [0.3, 0.4) is 0 Å². The number of amides is 1. The van der Waals surface area contributed by atoms with Crippen LogP contribution in [0.15, 0.2) is 42.5 Å². The summed E-state index contributed by atoms with van der Waals surface area (Å²) in [7, 11) is 0. The maximum absolute atomic E-state index is 12.1. The average Bonchev–Trinajstić information content (AvgIpc) is 2.62. The number of nitrogens with one attached hydrogen (secondary N) is 2. The van der Waals surface area contributed by atoms with Gasteiger partial charge in [-0.25, -0.2) is 4.79 Å². The van der Waals surface area contributed by atoms with Crippen LogP contribution < -0.4 is 10.6 Å². The molecule has 2 rings (SSSR count). The lowest BCUT2D eigenvalue weighted by molar-refractivity contribution is -0.384. The molecule has 0 aliphatic heterocycles. The first-order valence-corrected chi connectivity index (χ1v) is 7.96. The van der Waals surface area contributed by atoms with E-state index in [1.807, 2.05) is 0 Å². The minimum atomic E-state index is -0.515. The molecule has 0 bridgehead atoms. The van der Waals surface area contributed by atoms with Gasteiger partial charge in [0, 0.05) is 17.8 Å². The highest BCUT2D eigenvalue weighted by molar-refractivity contribution is 5.95. The van der Waals surface area contributed by atoms with Crippen molar-refractivity contribution in [1.29, 1.82) is 0 Å². The van der Waals surface area contributed by atoms with Crippen LogP contribution in [-0.4, -0.2) is 30.0 Å². The molecule has 0 saturated carbocycles. The molecule has 0 aliphatic rings. The molecule has 136 valence electrons. The second-order valence-corrected chi connectivity index (χ2v) is 5.46. The van der Waals surface area contributed by atoms with E-state index in [4.69, 9.17) is 4.74 Å². The van der Waals surface area contributed by atoms with Crippen LogP contribution in [0, 0.1) is 17.0 Å². The van der Waals surface area contributed by atoms with Crippen molar-refractivity contribution >= 4 is 28.9 Å². The Hall–Kier alpha value is -3.42. The van der Waals surface area contributed by atoms with Gasteiger partial charge in [-0.2, -0.15) is 0 Å². The summed E-state index contributed by atoms with van der Waals surface area (Å²) in [5.74, 6) is -0.749. The molecule has 0 atom stereocenters. The van der Waals surface area contributed by atoms with Gasteiger partial charge in [0.25, 0.3) is 5.69 Å². The second kappa shape index (κ2) is 8.61. The Bertz CT molecular complexity index is 818. The molecule has 2 N–H and O–H groups in total. The molecule has 0 fully saturated rings. The summed E-state index contributed by atoms with van der Waals surface area (Å²) >= 11 is 0. The summed E-state index contributed by atoms with van der Waals surface area (Å²) in [6, 6.07) is 10.8. The summed E-state index contributed by atoms with van der Waals surface area (Å²) in [5.41, 5.74) is 2.11. The van der Waals surface area contributed by atoms with Crippen LogP contribution >= 0.6 is 0 Å². The van der Waals surface area contributed by atoms with Gasteiger partial charge in [0.2, 0.25) is 5.91 Å². The molecule has 8 nitrogen and oxygen atoms in total. The fraction of sp³-hybridized carbons (Fsp3) is 0.222. The predicted octanol–water partition coefficient (Wildman–Crippen LogP) is 3.13. The average molecular weight is 357 g/mol. The zero-order chi connectivity index (χ0) is 19.1. The summed E-state index contributed by atoms with van der Waals surface area (Å²) < 4.78 is 4.90. The minimum absolute atomic E-state index is 0.0269. The maximum Gasteiger partial charge on any atom is 0.338 e. The zero-order valence-electron chi connectivity index (χ0n) is 14.4. The number of rotatable bonds is 7. The monoisotopic (exact) mass is 357 g/mol. The third-order valence-electron chi connectivity index (χ3n) is 3.56. The van der Waals surface area contributed by atoms with Crippen LogP contribution in [0.4, 0.5) is 17.1 Å². The fourth-order valence-electron chi connectivity index (χ4n) is 2.17. The topological polar surface area (TPSA) is 111 Å². The van der Waals surface area contributed by atoms with Crippen LogP contribution in [0.1, 0.15) is 22.8 Å². The van der Waals surface area contributed by atoms with Crippen LogP contribution in [-0.2, 0) is 9.53 Å². The number of hydrogen-bond acceptors (Lipinski definition) is 6. The summed E-state index contributed by atoms with van der Waals surface area (Å²) in [4.78, 5) is 33.9. The first kappa shape index (κ1) is 18.9. The maximum atomic E-state index is 12.1. The van der Waals surface area contributed by atoms with Gasteiger partial charge in [-0.05, 0) is 43.7 Å². The van der Waals surface area contributed by atoms with Crippen molar-refractivity contribution in [1.82, 2.24) is 0 Å². The number of hydrogen-bond donors (Lipinski definition) is 2. The molecule has 0 aromatic heterocycles. The number of aryl methyl sites for hydroxylation is 1.